The minimum absolute atomic E-state index is 0.241. The summed E-state index contributed by atoms with van der Waals surface area (Å²) in [7, 11) is 0. The molecule has 0 unspecified atom stereocenters. The van der Waals surface area contributed by atoms with Gasteiger partial charge >= 0.3 is 5.69 Å². The number of nitrogens with one attached hydrogen (secondary N) is 2. The minimum atomic E-state index is -0.301. The molecule has 4 N–H and O–H groups in total. The third-order valence-corrected chi connectivity index (χ3v) is 4.13. The van der Waals surface area contributed by atoms with Gasteiger partial charge in [0.1, 0.15) is 5.52 Å². The Labute approximate surface area is 149 Å². The molecule has 0 spiro atoms. The second-order valence-corrected chi connectivity index (χ2v) is 5.99. The summed E-state index contributed by atoms with van der Waals surface area (Å²) in [6.45, 7) is 3.14. The van der Waals surface area contributed by atoms with Crippen molar-refractivity contribution in [2.75, 3.05) is 17.6 Å². The van der Waals surface area contributed by atoms with Crippen molar-refractivity contribution in [1.29, 1.82) is 0 Å². The van der Waals surface area contributed by atoms with Gasteiger partial charge in [0.05, 0.1) is 12.2 Å². The molecular weight excluding hydrogens is 342 g/mol. The number of rotatable bonds is 7. The minimum Gasteiger partial charge on any atom is -0.382 e. The first-order valence-corrected chi connectivity index (χ1v) is 8.65. The van der Waals surface area contributed by atoms with Gasteiger partial charge in [0, 0.05) is 18.6 Å². The lowest BCUT2D eigenvalue weighted by molar-refractivity contribution is 0.755. The molecule has 8 nitrogen and oxygen atoms in total. The summed E-state index contributed by atoms with van der Waals surface area (Å²) in [6, 6.07) is 3.73. The fourth-order valence-electron chi connectivity index (χ4n) is 2.44. The molecule has 0 amide bonds. The number of halogens is 1. The van der Waals surface area contributed by atoms with Crippen molar-refractivity contribution in [3.05, 3.63) is 40.1 Å². The summed E-state index contributed by atoms with van der Waals surface area (Å²) < 4.78 is 1.50. The number of imidazole rings is 1. The van der Waals surface area contributed by atoms with Gasteiger partial charge in [0.2, 0.25) is 5.95 Å². The Balaban J connectivity index is 1.95. The van der Waals surface area contributed by atoms with E-state index in [4.69, 9.17) is 17.3 Å². The van der Waals surface area contributed by atoms with Gasteiger partial charge in [-0.2, -0.15) is 9.97 Å². The van der Waals surface area contributed by atoms with E-state index in [1.54, 1.807) is 6.20 Å². The van der Waals surface area contributed by atoms with Crippen molar-refractivity contribution in [1.82, 2.24) is 24.5 Å². The molecule has 3 aromatic heterocycles. The number of pyridine rings is 1. The Bertz CT molecular complexity index is 917. The van der Waals surface area contributed by atoms with Crippen LogP contribution in [-0.2, 0) is 12.4 Å². The summed E-state index contributed by atoms with van der Waals surface area (Å²) in [5.74, 6) is 1.05. The van der Waals surface area contributed by atoms with Crippen LogP contribution in [0.15, 0.2) is 23.1 Å². The lowest BCUT2D eigenvalue weighted by atomic mass is 10.3. The standard InChI is InChI=1S/C16H20ClN7O/c1-2-3-6-19-15-22-13(18)12-14(23-15)24(16(25)21-12)9-11-5-4-10(7-17)8-20-11/h4-5,8H,2-3,6-7,9H2,1H3,(H,21,25)(H3,18,19,22,23). The summed E-state index contributed by atoms with van der Waals surface area (Å²) in [5.41, 5.74) is 8.21. The van der Waals surface area contributed by atoms with Gasteiger partial charge in [0.25, 0.3) is 0 Å². The van der Waals surface area contributed by atoms with Crippen molar-refractivity contribution in [3.63, 3.8) is 0 Å². The smallest absolute Gasteiger partial charge is 0.328 e. The Morgan fingerprint density at radius 3 is 2.88 bits per heavy atom. The van der Waals surface area contributed by atoms with E-state index in [0.717, 1.165) is 30.6 Å². The maximum absolute atomic E-state index is 12.3. The SMILES string of the molecule is CCCCNc1nc(N)c2[nH]c(=O)n(Cc3ccc(CCl)cn3)c2n1. The monoisotopic (exact) mass is 361 g/mol. The Morgan fingerprint density at radius 2 is 2.20 bits per heavy atom. The van der Waals surface area contributed by atoms with Gasteiger partial charge in [-0.15, -0.1) is 11.6 Å². The van der Waals surface area contributed by atoms with Crippen molar-refractivity contribution < 1.29 is 0 Å². The van der Waals surface area contributed by atoms with Gasteiger partial charge in [-0.25, -0.2) is 4.79 Å². The van der Waals surface area contributed by atoms with Crippen molar-refractivity contribution in [2.24, 2.45) is 0 Å². The van der Waals surface area contributed by atoms with E-state index >= 15 is 0 Å². The highest BCUT2D eigenvalue weighted by Gasteiger charge is 2.14. The number of hydrogen-bond donors (Lipinski definition) is 3. The van der Waals surface area contributed by atoms with Crippen LogP contribution in [0.1, 0.15) is 31.0 Å². The Morgan fingerprint density at radius 1 is 1.36 bits per heavy atom. The van der Waals surface area contributed by atoms with Crippen LogP contribution in [0.25, 0.3) is 11.2 Å². The topological polar surface area (TPSA) is 115 Å². The highest BCUT2D eigenvalue weighted by molar-refractivity contribution is 6.17. The molecule has 0 aliphatic rings. The quantitative estimate of drug-likeness (QED) is 0.438. The average molecular weight is 362 g/mol. The molecule has 9 heteroatoms. The molecule has 3 rings (SSSR count). The number of nitrogen functional groups attached to an aromatic ring is 1. The van der Waals surface area contributed by atoms with E-state index in [2.05, 4.69) is 32.2 Å². The van der Waals surface area contributed by atoms with Crippen LogP contribution < -0.4 is 16.7 Å². The van der Waals surface area contributed by atoms with Gasteiger partial charge in [-0.1, -0.05) is 19.4 Å². The zero-order chi connectivity index (χ0) is 17.8. The van der Waals surface area contributed by atoms with Gasteiger partial charge < -0.3 is 16.0 Å². The van der Waals surface area contributed by atoms with Crippen molar-refractivity contribution >= 4 is 34.5 Å². The molecule has 0 saturated heterocycles. The first-order chi connectivity index (χ1) is 12.1. The zero-order valence-electron chi connectivity index (χ0n) is 13.9. The number of hydrogen-bond acceptors (Lipinski definition) is 6. The largest absolute Gasteiger partial charge is 0.382 e. The maximum atomic E-state index is 12.3. The number of aromatic nitrogens is 5. The third-order valence-electron chi connectivity index (χ3n) is 3.82. The number of aromatic amines is 1. The van der Waals surface area contributed by atoms with Crippen LogP contribution >= 0.6 is 11.6 Å². The van der Waals surface area contributed by atoms with E-state index in [9.17, 15) is 4.79 Å². The lowest BCUT2D eigenvalue weighted by Crippen LogP contribution is -2.18. The molecule has 0 saturated carbocycles. The number of alkyl halides is 1. The van der Waals surface area contributed by atoms with Gasteiger partial charge in [-0.05, 0) is 18.1 Å². The molecule has 0 bridgehead atoms. The maximum Gasteiger partial charge on any atom is 0.328 e. The number of nitrogens with zero attached hydrogens (tertiary/aromatic N) is 4. The Kier molecular flexibility index (Phi) is 5.18. The first kappa shape index (κ1) is 17.2. The third kappa shape index (κ3) is 3.74. The molecule has 0 aliphatic heterocycles. The fraction of sp³-hybridized carbons (Fsp3) is 0.375. The first-order valence-electron chi connectivity index (χ1n) is 8.12. The second kappa shape index (κ2) is 7.52. The second-order valence-electron chi connectivity index (χ2n) is 5.72. The fourth-order valence-corrected chi connectivity index (χ4v) is 2.60. The number of fused-ring (bicyclic) bond motifs is 1. The summed E-state index contributed by atoms with van der Waals surface area (Å²) in [4.78, 5) is 28.0. The van der Waals surface area contributed by atoms with E-state index in [1.165, 1.54) is 4.57 Å². The molecule has 0 radical (unpaired) electrons. The molecule has 0 aromatic carbocycles. The molecule has 0 aliphatic carbocycles. The predicted octanol–water partition coefficient (Wildman–Crippen LogP) is 2.10. The number of unbranched alkanes of at least 4 members (excludes halogenated alkanes) is 1. The molecular formula is C16H20ClN7O. The predicted molar refractivity (Wildman–Crippen MR) is 98.9 cm³/mol. The van der Waals surface area contributed by atoms with Crippen LogP contribution in [0.4, 0.5) is 11.8 Å². The van der Waals surface area contributed by atoms with Crippen LogP contribution in [0, 0.1) is 0 Å². The lowest BCUT2D eigenvalue weighted by Gasteiger charge is -2.07. The van der Waals surface area contributed by atoms with Crippen LogP contribution in [0.2, 0.25) is 0 Å². The molecule has 132 valence electrons. The highest BCUT2D eigenvalue weighted by atomic mass is 35.5. The molecule has 0 atom stereocenters. The summed E-state index contributed by atoms with van der Waals surface area (Å²) >= 11 is 5.77. The summed E-state index contributed by atoms with van der Waals surface area (Å²) in [6.07, 6.45) is 3.75. The average Bonchev–Trinajstić information content (AvgIpc) is 2.93. The highest BCUT2D eigenvalue weighted by Crippen LogP contribution is 2.17. The van der Waals surface area contributed by atoms with Crippen LogP contribution in [-0.4, -0.2) is 31.0 Å². The molecule has 0 fully saturated rings. The number of anilines is 2. The zero-order valence-corrected chi connectivity index (χ0v) is 14.7. The number of nitrogens with two attached hydrogens (primary N) is 1. The van der Waals surface area contributed by atoms with E-state index in [-0.39, 0.29) is 18.1 Å². The van der Waals surface area contributed by atoms with Gasteiger partial charge in [-0.3, -0.25) is 9.55 Å². The molecule has 3 aromatic rings. The van der Waals surface area contributed by atoms with E-state index < -0.39 is 0 Å². The molecule has 3 heterocycles. The van der Waals surface area contributed by atoms with Crippen molar-refractivity contribution in [2.45, 2.75) is 32.2 Å². The van der Waals surface area contributed by atoms with Crippen LogP contribution in [0.5, 0.6) is 0 Å². The van der Waals surface area contributed by atoms with E-state index in [1.807, 2.05) is 12.1 Å². The normalized spacial score (nSPS) is 11.1. The summed E-state index contributed by atoms with van der Waals surface area (Å²) in [5, 5.41) is 3.13. The van der Waals surface area contributed by atoms with Gasteiger partial charge in [0.15, 0.2) is 11.5 Å². The number of H-pyrrole nitrogens is 1. The van der Waals surface area contributed by atoms with Crippen molar-refractivity contribution in [3.8, 4) is 0 Å². The van der Waals surface area contributed by atoms with Crippen LogP contribution in [0.3, 0.4) is 0 Å². The molecule has 25 heavy (non-hydrogen) atoms. The van der Waals surface area contributed by atoms with E-state index in [0.29, 0.717) is 23.0 Å². The Hall–Kier alpha value is -2.61.